The molecule has 13 nitrogen and oxygen atoms in total. The second-order valence-electron chi connectivity index (χ2n) is 10.3. The Balaban J connectivity index is 2.54. The molecule has 1 aliphatic rings. The van der Waals surface area contributed by atoms with Gasteiger partial charge in [-0.2, -0.15) is 0 Å². The molecule has 1 fully saturated rings. The van der Waals surface area contributed by atoms with Gasteiger partial charge in [-0.3, -0.25) is 38.8 Å². The highest BCUT2D eigenvalue weighted by molar-refractivity contribution is 5.78. The molecular formula is C27H50N6O7. The molecule has 0 unspecified atom stereocenters. The Morgan fingerprint density at radius 3 is 1.57 bits per heavy atom. The molecule has 0 aromatic carbocycles. The van der Waals surface area contributed by atoms with Crippen molar-refractivity contribution in [3.63, 3.8) is 0 Å². The van der Waals surface area contributed by atoms with E-state index in [0.717, 1.165) is 51.4 Å². The minimum atomic E-state index is -0.963. The summed E-state index contributed by atoms with van der Waals surface area (Å²) in [5.74, 6) is -1.93. The molecule has 1 rings (SSSR count). The maximum absolute atomic E-state index is 12.7. The number of amides is 2. The SMILES string of the molecule is CCCCNC(=O)CCCCCCNC(=O)CN1CCN(CC=O)CCN(CC(=O)O)CCN(CC(=O)O)CC1. The van der Waals surface area contributed by atoms with E-state index in [1.807, 2.05) is 9.80 Å². The Bertz CT molecular complexity index is 770. The number of nitrogens with zero attached hydrogens (tertiary/aromatic N) is 4. The van der Waals surface area contributed by atoms with E-state index in [9.17, 15) is 34.2 Å². The van der Waals surface area contributed by atoms with E-state index in [1.165, 1.54) is 0 Å². The summed E-state index contributed by atoms with van der Waals surface area (Å²) >= 11 is 0. The molecule has 1 saturated heterocycles. The van der Waals surface area contributed by atoms with Crippen molar-refractivity contribution < 1.29 is 34.2 Å². The molecule has 40 heavy (non-hydrogen) atoms. The molecule has 0 radical (unpaired) electrons. The predicted octanol–water partition coefficient (Wildman–Crippen LogP) is -0.441. The highest BCUT2D eigenvalue weighted by Gasteiger charge is 2.20. The molecule has 0 saturated carbocycles. The fraction of sp³-hybridized carbons (Fsp3) is 0.815. The first-order valence-corrected chi connectivity index (χ1v) is 14.5. The lowest BCUT2D eigenvalue weighted by Gasteiger charge is -2.32. The van der Waals surface area contributed by atoms with Gasteiger partial charge in [-0.05, 0) is 19.3 Å². The Kier molecular flexibility index (Phi) is 19.6. The number of hydrogen-bond acceptors (Lipinski definition) is 9. The number of rotatable bonds is 18. The van der Waals surface area contributed by atoms with E-state index in [-0.39, 0.29) is 38.0 Å². The highest BCUT2D eigenvalue weighted by Crippen LogP contribution is 2.04. The van der Waals surface area contributed by atoms with Crippen molar-refractivity contribution in [3.05, 3.63) is 0 Å². The smallest absolute Gasteiger partial charge is 0.317 e. The Morgan fingerprint density at radius 2 is 1.07 bits per heavy atom. The monoisotopic (exact) mass is 570 g/mol. The third kappa shape index (κ3) is 18.6. The van der Waals surface area contributed by atoms with E-state index < -0.39 is 11.9 Å². The van der Waals surface area contributed by atoms with Gasteiger partial charge in [0.2, 0.25) is 11.8 Å². The van der Waals surface area contributed by atoms with Crippen LogP contribution in [0.4, 0.5) is 0 Å². The van der Waals surface area contributed by atoms with Gasteiger partial charge in [0.1, 0.15) is 6.29 Å². The molecule has 230 valence electrons. The largest absolute Gasteiger partial charge is 0.480 e. The van der Waals surface area contributed by atoms with E-state index in [0.29, 0.717) is 65.3 Å². The van der Waals surface area contributed by atoms with Crippen molar-refractivity contribution >= 4 is 30.0 Å². The molecule has 1 aliphatic heterocycles. The van der Waals surface area contributed by atoms with Gasteiger partial charge in [0.25, 0.3) is 0 Å². The molecule has 4 N–H and O–H groups in total. The van der Waals surface area contributed by atoms with Gasteiger partial charge >= 0.3 is 11.9 Å². The summed E-state index contributed by atoms with van der Waals surface area (Å²) in [6.07, 6.45) is 6.91. The maximum Gasteiger partial charge on any atom is 0.317 e. The first-order valence-electron chi connectivity index (χ1n) is 14.5. The number of carboxylic acid groups (broad SMARTS) is 2. The van der Waals surface area contributed by atoms with E-state index >= 15 is 0 Å². The van der Waals surface area contributed by atoms with Crippen LogP contribution in [-0.2, 0) is 24.0 Å². The van der Waals surface area contributed by atoms with Crippen molar-refractivity contribution in [2.24, 2.45) is 0 Å². The number of hydrogen-bond donors (Lipinski definition) is 4. The summed E-state index contributed by atoms with van der Waals surface area (Å²) in [5, 5.41) is 24.4. The van der Waals surface area contributed by atoms with Gasteiger partial charge in [0.15, 0.2) is 0 Å². The van der Waals surface area contributed by atoms with Crippen LogP contribution in [0.2, 0.25) is 0 Å². The van der Waals surface area contributed by atoms with Gasteiger partial charge in [0, 0.05) is 71.9 Å². The van der Waals surface area contributed by atoms with Crippen LogP contribution in [0.5, 0.6) is 0 Å². The van der Waals surface area contributed by atoms with Crippen LogP contribution < -0.4 is 10.6 Å². The zero-order valence-corrected chi connectivity index (χ0v) is 24.2. The number of carboxylic acids is 2. The second-order valence-corrected chi connectivity index (χ2v) is 10.3. The van der Waals surface area contributed by atoms with Crippen LogP contribution >= 0.6 is 0 Å². The summed E-state index contributed by atoms with van der Waals surface area (Å²) in [6.45, 7) is 7.05. The summed E-state index contributed by atoms with van der Waals surface area (Å²) in [5.41, 5.74) is 0. The fourth-order valence-electron chi connectivity index (χ4n) is 4.47. The fourth-order valence-corrected chi connectivity index (χ4v) is 4.47. The molecule has 0 spiro atoms. The van der Waals surface area contributed by atoms with Gasteiger partial charge in [0.05, 0.1) is 26.2 Å². The Labute approximate surface area is 238 Å². The van der Waals surface area contributed by atoms with Crippen LogP contribution in [0.15, 0.2) is 0 Å². The number of aliphatic carboxylic acids is 2. The lowest BCUT2D eigenvalue weighted by atomic mass is 10.1. The predicted molar refractivity (Wildman–Crippen MR) is 151 cm³/mol. The summed E-state index contributed by atoms with van der Waals surface area (Å²) < 4.78 is 0. The van der Waals surface area contributed by atoms with E-state index in [1.54, 1.807) is 9.80 Å². The minimum Gasteiger partial charge on any atom is -0.480 e. The van der Waals surface area contributed by atoms with Crippen LogP contribution in [0.1, 0.15) is 51.9 Å². The average Bonchev–Trinajstić information content (AvgIpc) is 2.89. The zero-order chi connectivity index (χ0) is 29.6. The molecule has 0 aromatic rings. The quantitative estimate of drug-likeness (QED) is 0.125. The normalized spacial score (nSPS) is 16.9. The molecule has 0 atom stereocenters. The van der Waals surface area contributed by atoms with Crippen molar-refractivity contribution in [3.8, 4) is 0 Å². The van der Waals surface area contributed by atoms with Gasteiger partial charge < -0.3 is 25.6 Å². The van der Waals surface area contributed by atoms with Crippen molar-refractivity contribution in [1.29, 1.82) is 0 Å². The van der Waals surface area contributed by atoms with Crippen LogP contribution in [0.25, 0.3) is 0 Å². The van der Waals surface area contributed by atoms with Crippen molar-refractivity contribution in [1.82, 2.24) is 30.2 Å². The summed E-state index contributed by atoms with van der Waals surface area (Å²) in [4.78, 5) is 65.7. The van der Waals surface area contributed by atoms with Crippen molar-refractivity contribution in [2.75, 3.05) is 91.6 Å². The molecule has 0 bridgehead atoms. The Hall–Kier alpha value is -2.61. The maximum atomic E-state index is 12.7. The Morgan fingerprint density at radius 1 is 0.625 bits per heavy atom. The van der Waals surface area contributed by atoms with Gasteiger partial charge in [-0.15, -0.1) is 0 Å². The van der Waals surface area contributed by atoms with Crippen LogP contribution in [0.3, 0.4) is 0 Å². The van der Waals surface area contributed by atoms with Crippen LogP contribution in [0, 0.1) is 0 Å². The molecular weight excluding hydrogens is 520 g/mol. The lowest BCUT2D eigenvalue weighted by molar-refractivity contribution is -0.140. The topological polar surface area (TPSA) is 163 Å². The molecule has 13 heteroatoms. The van der Waals surface area contributed by atoms with E-state index in [2.05, 4.69) is 17.6 Å². The number of carbonyl (C=O) groups is 5. The van der Waals surface area contributed by atoms with Crippen LogP contribution in [-0.4, -0.2) is 151 Å². The van der Waals surface area contributed by atoms with Gasteiger partial charge in [-0.25, -0.2) is 0 Å². The van der Waals surface area contributed by atoms with E-state index in [4.69, 9.17) is 0 Å². The first-order chi connectivity index (χ1) is 19.2. The summed E-state index contributed by atoms with van der Waals surface area (Å²) in [7, 11) is 0. The number of aldehydes is 1. The average molecular weight is 571 g/mol. The highest BCUT2D eigenvalue weighted by atomic mass is 16.4. The standard InChI is InChI=1S/C27H50N6O7/c1-2-3-9-28-24(35)8-6-4-5-7-10-29-25(36)21-31-13-11-30(19-20-34)12-14-32(22-26(37)38)17-18-33(16-15-31)23-27(39)40/h20H,2-19,21-23H2,1H3,(H,28,35)(H,29,36)(H,37,38)(H,39,40). The first kappa shape index (κ1) is 35.4. The summed E-state index contributed by atoms with van der Waals surface area (Å²) in [6, 6.07) is 0. The second kappa shape index (κ2) is 22.1. The lowest BCUT2D eigenvalue weighted by Crippen LogP contribution is -2.49. The number of unbranched alkanes of at least 4 members (excludes halogenated alkanes) is 4. The molecule has 2 amide bonds. The van der Waals surface area contributed by atoms with Gasteiger partial charge in [-0.1, -0.05) is 26.2 Å². The molecule has 0 aromatic heterocycles. The third-order valence-electron chi connectivity index (χ3n) is 6.85. The van der Waals surface area contributed by atoms with Crippen molar-refractivity contribution in [2.45, 2.75) is 51.9 Å². The third-order valence-corrected chi connectivity index (χ3v) is 6.85. The number of carbonyl (C=O) groups excluding carboxylic acids is 3. The molecule has 0 aliphatic carbocycles. The zero-order valence-electron chi connectivity index (χ0n) is 24.2. The minimum absolute atomic E-state index is 0.0963. The molecule has 1 heterocycles. The number of nitrogens with one attached hydrogen (secondary N) is 2.